The smallest absolute Gasteiger partial charge is 0.337 e. The lowest BCUT2D eigenvalue weighted by Gasteiger charge is -2.20. The number of fused-ring (bicyclic) bond motifs is 1. The molecule has 0 saturated carbocycles. The largest absolute Gasteiger partial charge is 0.478 e. The number of carboxylic acid groups (broad SMARTS) is 1. The average molecular weight is 366 g/mol. The van der Waals surface area contributed by atoms with Gasteiger partial charge in [-0.05, 0) is 37.6 Å². The van der Waals surface area contributed by atoms with Gasteiger partial charge in [0, 0.05) is 37.6 Å². The summed E-state index contributed by atoms with van der Waals surface area (Å²) in [6.45, 7) is 3.83. The molecular formula is C20H22N4O3. The molecule has 0 saturated heterocycles. The fourth-order valence-electron chi connectivity index (χ4n) is 3.01. The van der Waals surface area contributed by atoms with Crippen molar-refractivity contribution in [3.63, 3.8) is 0 Å². The maximum atomic E-state index is 12.5. The van der Waals surface area contributed by atoms with Crippen molar-refractivity contribution in [2.75, 3.05) is 24.3 Å². The number of hydrogen-bond acceptors (Lipinski definition) is 5. The molecule has 2 N–H and O–H groups in total. The summed E-state index contributed by atoms with van der Waals surface area (Å²) in [6.07, 6.45) is 1.76. The normalized spacial score (nSPS) is 12.0. The Bertz CT molecular complexity index is 1070. The summed E-state index contributed by atoms with van der Waals surface area (Å²) in [5.41, 5.74) is 2.83. The first-order chi connectivity index (χ1) is 12.8. The molecular weight excluding hydrogens is 344 g/mol. The summed E-state index contributed by atoms with van der Waals surface area (Å²) in [4.78, 5) is 30.4. The van der Waals surface area contributed by atoms with Crippen LogP contribution >= 0.6 is 0 Å². The van der Waals surface area contributed by atoms with Crippen LogP contribution in [0.4, 0.5) is 11.5 Å². The van der Waals surface area contributed by atoms with Crippen LogP contribution in [0, 0.1) is 6.92 Å². The Labute approximate surface area is 156 Å². The van der Waals surface area contributed by atoms with Gasteiger partial charge in [0.05, 0.1) is 11.6 Å². The van der Waals surface area contributed by atoms with Crippen LogP contribution in [0.2, 0.25) is 0 Å². The van der Waals surface area contributed by atoms with Crippen molar-refractivity contribution in [3.8, 4) is 0 Å². The van der Waals surface area contributed by atoms with Gasteiger partial charge in [-0.1, -0.05) is 12.1 Å². The van der Waals surface area contributed by atoms with Gasteiger partial charge >= 0.3 is 5.97 Å². The van der Waals surface area contributed by atoms with E-state index in [0.29, 0.717) is 17.2 Å². The van der Waals surface area contributed by atoms with Gasteiger partial charge in [-0.2, -0.15) is 0 Å². The summed E-state index contributed by atoms with van der Waals surface area (Å²) in [6, 6.07) is 9.94. The Balaban J connectivity index is 2.13. The van der Waals surface area contributed by atoms with Crippen LogP contribution in [0.3, 0.4) is 0 Å². The predicted octanol–water partition coefficient (Wildman–Crippen LogP) is 2.94. The third-order valence-corrected chi connectivity index (χ3v) is 4.37. The molecule has 7 heteroatoms. The zero-order valence-corrected chi connectivity index (χ0v) is 15.7. The number of rotatable bonds is 5. The molecule has 1 atom stereocenters. The maximum absolute atomic E-state index is 12.5. The van der Waals surface area contributed by atoms with Crippen LogP contribution in [0.15, 0.2) is 47.4 Å². The lowest BCUT2D eigenvalue weighted by Crippen LogP contribution is -2.22. The lowest BCUT2D eigenvalue weighted by atomic mass is 10.1. The highest BCUT2D eigenvalue weighted by molar-refractivity contribution is 5.94. The summed E-state index contributed by atoms with van der Waals surface area (Å²) in [7, 11) is 3.66. The van der Waals surface area contributed by atoms with Crippen molar-refractivity contribution < 1.29 is 9.90 Å². The van der Waals surface area contributed by atoms with Crippen molar-refractivity contribution in [1.29, 1.82) is 0 Å². The number of pyridine rings is 1. The molecule has 0 bridgehead atoms. The summed E-state index contributed by atoms with van der Waals surface area (Å²) in [5, 5.41) is 12.6. The zero-order valence-electron chi connectivity index (χ0n) is 15.7. The second kappa shape index (κ2) is 7.11. The minimum absolute atomic E-state index is 0.160. The maximum Gasteiger partial charge on any atom is 0.337 e. The van der Waals surface area contributed by atoms with Crippen molar-refractivity contribution in [3.05, 3.63) is 69.6 Å². The van der Waals surface area contributed by atoms with Crippen molar-refractivity contribution in [2.45, 2.75) is 19.9 Å². The van der Waals surface area contributed by atoms with Gasteiger partial charge in [0.15, 0.2) is 0 Å². The fraction of sp³-hybridized carbons (Fsp3) is 0.250. The van der Waals surface area contributed by atoms with Crippen LogP contribution in [-0.4, -0.2) is 34.6 Å². The Morgan fingerprint density at radius 2 is 1.96 bits per heavy atom. The van der Waals surface area contributed by atoms with Gasteiger partial charge in [0.25, 0.3) is 5.56 Å². The Morgan fingerprint density at radius 1 is 1.26 bits per heavy atom. The topological polar surface area (TPSA) is 86.9 Å². The molecule has 7 nitrogen and oxygen atoms in total. The number of nitrogens with one attached hydrogen (secondary N) is 1. The highest BCUT2D eigenvalue weighted by atomic mass is 16.4. The molecule has 2 aromatic heterocycles. The fourth-order valence-corrected chi connectivity index (χ4v) is 3.01. The molecule has 3 rings (SSSR count). The van der Waals surface area contributed by atoms with E-state index in [1.165, 1.54) is 10.5 Å². The molecule has 0 fully saturated rings. The predicted molar refractivity (Wildman–Crippen MR) is 106 cm³/mol. The molecule has 0 amide bonds. The van der Waals surface area contributed by atoms with Crippen molar-refractivity contribution in [2.24, 2.45) is 0 Å². The number of benzene rings is 1. The third-order valence-electron chi connectivity index (χ3n) is 4.37. The standard InChI is InChI=1S/C20H22N4O3/c1-12-9-15(13(2)21-16-8-6-5-7-14(16)20(26)27)19-22-17(23(3)4)10-18(25)24(19)11-12/h5-11,13,21H,1-4H3,(H,26,27). The van der Waals surface area contributed by atoms with E-state index >= 15 is 0 Å². The monoisotopic (exact) mass is 366 g/mol. The second-order valence-electron chi connectivity index (χ2n) is 6.73. The molecule has 0 aliphatic rings. The van der Waals surface area contributed by atoms with Gasteiger partial charge in [0.1, 0.15) is 11.5 Å². The van der Waals surface area contributed by atoms with Crippen molar-refractivity contribution in [1.82, 2.24) is 9.38 Å². The number of aromatic nitrogens is 2. The number of nitrogens with zero attached hydrogens (tertiary/aromatic N) is 3. The number of carboxylic acids is 1. The Hall–Kier alpha value is -3.35. The number of hydrogen-bond donors (Lipinski definition) is 2. The van der Waals surface area contributed by atoms with Crippen LogP contribution in [0.5, 0.6) is 0 Å². The lowest BCUT2D eigenvalue weighted by molar-refractivity contribution is 0.0698. The summed E-state index contributed by atoms with van der Waals surface area (Å²) < 4.78 is 1.53. The Kier molecular flexibility index (Phi) is 4.85. The number of anilines is 2. The zero-order chi connectivity index (χ0) is 19.7. The van der Waals surface area contributed by atoms with E-state index in [1.54, 1.807) is 35.4 Å². The number of aryl methyl sites for hydroxylation is 1. The van der Waals surface area contributed by atoms with E-state index in [1.807, 2.05) is 34.0 Å². The minimum Gasteiger partial charge on any atom is -0.478 e. The van der Waals surface area contributed by atoms with Crippen molar-refractivity contribution >= 4 is 23.1 Å². The molecule has 2 heterocycles. The SMILES string of the molecule is Cc1cc(C(C)Nc2ccccc2C(=O)O)c2nc(N(C)C)cc(=O)n2c1. The summed E-state index contributed by atoms with van der Waals surface area (Å²) in [5.74, 6) is -0.424. The van der Waals surface area contributed by atoms with E-state index in [4.69, 9.17) is 0 Å². The first-order valence-corrected chi connectivity index (χ1v) is 8.58. The van der Waals surface area contributed by atoms with E-state index in [2.05, 4.69) is 10.3 Å². The van der Waals surface area contributed by atoms with Gasteiger partial charge in [-0.3, -0.25) is 9.20 Å². The van der Waals surface area contributed by atoms with Crippen LogP contribution in [0.25, 0.3) is 5.65 Å². The molecule has 3 aromatic rings. The Morgan fingerprint density at radius 3 is 2.63 bits per heavy atom. The van der Waals surface area contributed by atoms with Crippen LogP contribution < -0.4 is 15.8 Å². The summed E-state index contributed by atoms with van der Waals surface area (Å²) >= 11 is 0. The number of para-hydroxylation sites is 1. The quantitative estimate of drug-likeness (QED) is 0.722. The molecule has 140 valence electrons. The molecule has 0 aliphatic carbocycles. The molecule has 1 aromatic carbocycles. The van der Waals surface area contributed by atoms with E-state index in [-0.39, 0.29) is 17.2 Å². The highest BCUT2D eigenvalue weighted by Crippen LogP contribution is 2.26. The first-order valence-electron chi connectivity index (χ1n) is 8.58. The first kappa shape index (κ1) is 18.4. The van der Waals surface area contributed by atoms with E-state index in [0.717, 1.165) is 11.1 Å². The van der Waals surface area contributed by atoms with Crippen LogP contribution in [0.1, 0.15) is 34.5 Å². The third kappa shape index (κ3) is 3.62. The number of aromatic carboxylic acids is 1. The van der Waals surface area contributed by atoms with Gasteiger partial charge < -0.3 is 15.3 Å². The molecule has 0 spiro atoms. The molecule has 0 aliphatic heterocycles. The van der Waals surface area contributed by atoms with Crippen LogP contribution in [-0.2, 0) is 0 Å². The second-order valence-corrected chi connectivity index (χ2v) is 6.73. The van der Waals surface area contributed by atoms with E-state index in [9.17, 15) is 14.7 Å². The molecule has 1 unspecified atom stereocenters. The average Bonchev–Trinajstić information content (AvgIpc) is 2.61. The van der Waals surface area contributed by atoms with E-state index < -0.39 is 5.97 Å². The molecule has 0 radical (unpaired) electrons. The number of carbonyl (C=O) groups is 1. The molecule has 27 heavy (non-hydrogen) atoms. The van der Waals surface area contributed by atoms with Gasteiger partial charge in [0.2, 0.25) is 0 Å². The minimum atomic E-state index is -0.997. The van der Waals surface area contributed by atoms with Gasteiger partial charge in [-0.25, -0.2) is 9.78 Å². The van der Waals surface area contributed by atoms with Gasteiger partial charge in [-0.15, -0.1) is 0 Å². The highest BCUT2D eigenvalue weighted by Gasteiger charge is 2.17.